The van der Waals surface area contributed by atoms with E-state index in [9.17, 15) is 0 Å². The Kier molecular flexibility index (Phi) is 4.93. The van der Waals surface area contributed by atoms with Gasteiger partial charge in [-0.25, -0.2) is 0 Å². The maximum Gasteiger partial charge on any atom is 0.0507 e. The molecule has 0 spiro atoms. The molecule has 0 aliphatic carbocycles. The van der Waals surface area contributed by atoms with E-state index in [1.165, 1.54) is 43.5 Å². The highest BCUT2D eigenvalue weighted by Gasteiger charge is 2.16. The van der Waals surface area contributed by atoms with E-state index >= 15 is 0 Å². The van der Waals surface area contributed by atoms with Crippen LogP contribution in [0.2, 0.25) is 0 Å². The van der Waals surface area contributed by atoms with Gasteiger partial charge in [-0.05, 0) is 43.2 Å². The number of benzene rings is 1. The van der Waals surface area contributed by atoms with Gasteiger partial charge < -0.3 is 15.0 Å². The zero-order chi connectivity index (χ0) is 13.6. The Morgan fingerprint density at radius 3 is 3.10 bits per heavy atom. The minimum absolute atomic E-state index is 0.728. The number of fused-ring (bicyclic) bond motifs is 1. The normalized spacial score (nSPS) is 22.6. The predicted molar refractivity (Wildman–Crippen MR) is 83.4 cm³/mol. The molecule has 20 heavy (non-hydrogen) atoms. The van der Waals surface area contributed by atoms with Crippen molar-refractivity contribution in [1.82, 2.24) is 5.32 Å². The summed E-state index contributed by atoms with van der Waals surface area (Å²) in [6.45, 7) is 6.39. The van der Waals surface area contributed by atoms with Crippen LogP contribution in [0.4, 0.5) is 5.69 Å². The van der Waals surface area contributed by atoms with Crippen LogP contribution in [0.3, 0.4) is 0 Å². The summed E-state index contributed by atoms with van der Waals surface area (Å²) in [5.41, 5.74) is 2.98. The van der Waals surface area contributed by atoms with Crippen LogP contribution in [0.15, 0.2) is 24.3 Å². The molecule has 1 atom stereocenters. The Balaban J connectivity index is 1.49. The minimum Gasteiger partial charge on any atom is -0.381 e. The highest BCUT2D eigenvalue weighted by atomic mass is 16.5. The third kappa shape index (κ3) is 3.53. The highest BCUT2D eigenvalue weighted by molar-refractivity contribution is 5.54. The fourth-order valence-corrected chi connectivity index (χ4v) is 3.27. The fraction of sp³-hybridized carbons (Fsp3) is 0.647. The SMILES string of the molecule is c1ccc2c(c1)CCCCN2CCNCC1CCOC1. The Labute approximate surface area is 122 Å². The third-order valence-electron chi connectivity index (χ3n) is 4.47. The van der Waals surface area contributed by atoms with Gasteiger partial charge in [0.15, 0.2) is 0 Å². The molecule has 0 saturated carbocycles. The molecule has 0 amide bonds. The van der Waals surface area contributed by atoms with E-state index < -0.39 is 0 Å². The highest BCUT2D eigenvalue weighted by Crippen LogP contribution is 2.25. The fourth-order valence-electron chi connectivity index (χ4n) is 3.27. The lowest BCUT2D eigenvalue weighted by atomic mass is 10.1. The third-order valence-corrected chi connectivity index (χ3v) is 4.47. The van der Waals surface area contributed by atoms with E-state index in [1.807, 2.05) is 0 Å². The first-order valence-electron chi connectivity index (χ1n) is 8.05. The quantitative estimate of drug-likeness (QED) is 0.835. The smallest absolute Gasteiger partial charge is 0.0507 e. The van der Waals surface area contributed by atoms with E-state index in [-0.39, 0.29) is 0 Å². The van der Waals surface area contributed by atoms with Crippen molar-refractivity contribution in [2.45, 2.75) is 25.7 Å². The van der Waals surface area contributed by atoms with Crippen LogP contribution in [0.5, 0.6) is 0 Å². The molecular weight excluding hydrogens is 248 g/mol. The lowest BCUT2D eigenvalue weighted by Crippen LogP contribution is -2.34. The van der Waals surface area contributed by atoms with E-state index in [4.69, 9.17) is 4.74 Å². The molecule has 1 aromatic carbocycles. The number of nitrogens with one attached hydrogen (secondary N) is 1. The van der Waals surface area contributed by atoms with Gasteiger partial charge in [-0.3, -0.25) is 0 Å². The maximum absolute atomic E-state index is 5.42. The van der Waals surface area contributed by atoms with Gasteiger partial charge in [-0.1, -0.05) is 18.2 Å². The number of hydrogen-bond donors (Lipinski definition) is 1. The van der Waals surface area contributed by atoms with Crippen molar-refractivity contribution in [3.8, 4) is 0 Å². The van der Waals surface area contributed by atoms with Crippen molar-refractivity contribution < 1.29 is 4.74 Å². The molecule has 3 nitrogen and oxygen atoms in total. The second-order valence-corrected chi connectivity index (χ2v) is 6.01. The van der Waals surface area contributed by atoms with E-state index in [0.29, 0.717) is 0 Å². The number of hydrogen-bond acceptors (Lipinski definition) is 3. The topological polar surface area (TPSA) is 24.5 Å². The number of nitrogens with zero attached hydrogens (tertiary/aromatic N) is 1. The van der Waals surface area contributed by atoms with Crippen LogP contribution >= 0.6 is 0 Å². The van der Waals surface area contributed by atoms with Gasteiger partial charge >= 0.3 is 0 Å². The van der Waals surface area contributed by atoms with Gasteiger partial charge in [0.2, 0.25) is 0 Å². The van der Waals surface area contributed by atoms with Crippen LogP contribution in [0, 0.1) is 5.92 Å². The van der Waals surface area contributed by atoms with Gasteiger partial charge in [0.25, 0.3) is 0 Å². The minimum atomic E-state index is 0.728. The molecule has 0 aromatic heterocycles. The standard InChI is InChI=1S/C17H26N2O/c1-2-7-17-16(5-1)6-3-4-10-19(17)11-9-18-13-15-8-12-20-14-15/h1-2,5,7,15,18H,3-4,6,8-14H2. The molecule has 2 aliphatic heterocycles. The van der Waals surface area contributed by atoms with Crippen LogP contribution in [-0.2, 0) is 11.2 Å². The first-order valence-corrected chi connectivity index (χ1v) is 8.05. The molecule has 110 valence electrons. The molecule has 0 radical (unpaired) electrons. The molecule has 2 heterocycles. The van der Waals surface area contributed by atoms with Crippen molar-refractivity contribution in [2.75, 3.05) is 44.3 Å². The molecule has 3 rings (SSSR count). The number of para-hydroxylation sites is 1. The average molecular weight is 274 g/mol. The number of rotatable bonds is 5. The van der Waals surface area contributed by atoms with Crippen molar-refractivity contribution in [3.63, 3.8) is 0 Å². The summed E-state index contributed by atoms with van der Waals surface area (Å²) in [6.07, 6.45) is 5.09. The number of anilines is 1. The second kappa shape index (κ2) is 7.09. The molecule has 1 fully saturated rings. The largest absolute Gasteiger partial charge is 0.381 e. The lowest BCUT2D eigenvalue weighted by Gasteiger charge is -2.25. The van der Waals surface area contributed by atoms with Gasteiger partial charge in [-0.2, -0.15) is 0 Å². The number of aryl methyl sites for hydroxylation is 1. The van der Waals surface area contributed by atoms with Crippen LogP contribution in [0.1, 0.15) is 24.8 Å². The zero-order valence-electron chi connectivity index (χ0n) is 12.3. The summed E-state index contributed by atoms with van der Waals surface area (Å²) >= 11 is 0. The molecule has 1 saturated heterocycles. The van der Waals surface area contributed by atoms with Crippen molar-refractivity contribution in [1.29, 1.82) is 0 Å². The van der Waals surface area contributed by atoms with Crippen LogP contribution < -0.4 is 10.2 Å². The van der Waals surface area contributed by atoms with Gasteiger partial charge in [-0.15, -0.1) is 0 Å². The van der Waals surface area contributed by atoms with Gasteiger partial charge in [0, 0.05) is 38.5 Å². The monoisotopic (exact) mass is 274 g/mol. The summed E-state index contributed by atoms with van der Waals surface area (Å²) in [4.78, 5) is 2.56. The summed E-state index contributed by atoms with van der Waals surface area (Å²) < 4.78 is 5.42. The second-order valence-electron chi connectivity index (χ2n) is 6.01. The van der Waals surface area contributed by atoms with Crippen molar-refractivity contribution >= 4 is 5.69 Å². The maximum atomic E-state index is 5.42. The molecule has 2 aliphatic rings. The van der Waals surface area contributed by atoms with Crippen LogP contribution in [-0.4, -0.2) is 39.4 Å². The summed E-state index contributed by atoms with van der Waals surface area (Å²) in [5, 5.41) is 3.60. The molecule has 1 unspecified atom stereocenters. The predicted octanol–water partition coefficient (Wildman–Crippen LogP) is 2.46. The van der Waals surface area contributed by atoms with E-state index in [2.05, 4.69) is 34.5 Å². The summed E-state index contributed by atoms with van der Waals surface area (Å²) in [5.74, 6) is 0.728. The molecule has 1 aromatic rings. The van der Waals surface area contributed by atoms with Gasteiger partial charge in [0.05, 0.1) is 6.61 Å². The average Bonchev–Trinajstić information content (AvgIpc) is 2.91. The molecular formula is C17H26N2O. The zero-order valence-corrected chi connectivity index (χ0v) is 12.3. The van der Waals surface area contributed by atoms with Crippen molar-refractivity contribution in [2.24, 2.45) is 5.92 Å². The molecule has 3 heteroatoms. The van der Waals surface area contributed by atoms with Gasteiger partial charge in [0.1, 0.15) is 0 Å². The van der Waals surface area contributed by atoms with Crippen molar-refractivity contribution in [3.05, 3.63) is 29.8 Å². The van der Waals surface area contributed by atoms with Crippen LogP contribution in [0.25, 0.3) is 0 Å². The van der Waals surface area contributed by atoms with E-state index in [0.717, 1.165) is 38.8 Å². The first kappa shape index (κ1) is 13.9. The summed E-state index contributed by atoms with van der Waals surface area (Å²) in [7, 11) is 0. The Morgan fingerprint density at radius 1 is 1.25 bits per heavy atom. The number of ether oxygens (including phenoxy) is 1. The first-order chi connectivity index (χ1) is 9.93. The Hall–Kier alpha value is -1.06. The molecule has 0 bridgehead atoms. The Bertz CT molecular complexity index is 415. The Morgan fingerprint density at radius 2 is 2.20 bits per heavy atom. The lowest BCUT2D eigenvalue weighted by molar-refractivity contribution is 0.185. The molecule has 1 N–H and O–H groups in total. The van der Waals surface area contributed by atoms with E-state index in [1.54, 1.807) is 0 Å². The summed E-state index contributed by atoms with van der Waals surface area (Å²) in [6, 6.07) is 8.91.